The first-order chi connectivity index (χ1) is 15.9. The van der Waals surface area contributed by atoms with Gasteiger partial charge in [0.15, 0.2) is 5.78 Å². The minimum Gasteiger partial charge on any atom is -0.468 e. The Morgan fingerprint density at radius 1 is 1.09 bits per heavy atom. The van der Waals surface area contributed by atoms with Gasteiger partial charge in [0.1, 0.15) is 5.76 Å². The Morgan fingerprint density at radius 2 is 1.82 bits per heavy atom. The lowest BCUT2D eigenvalue weighted by Crippen LogP contribution is -2.44. The molecule has 3 heterocycles. The highest BCUT2D eigenvalue weighted by atomic mass is 32.2. The number of furan rings is 1. The van der Waals surface area contributed by atoms with Gasteiger partial charge in [-0.15, -0.1) is 0 Å². The molecule has 0 spiro atoms. The van der Waals surface area contributed by atoms with E-state index in [2.05, 4.69) is 10.2 Å². The molecule has 2 aliphatic heterocycles. The fourth-order valence-corrected chi connectivity index (χ4v) is 6.18. The molecule has 0 saturated carbocycles. The topological polar surface area (TPSA) is 99.9 Å². The van der Waals surface area contributed by atoms with Crippen molar-refractivity contribution in [3.8, 4) is 0 Å². The average molecular weight is 474 g/mol. The molecule has 1 aromatic carbocycles. The van der Waals surface area contributed by atoms with E-state index >= 15 is 0 Å². The molecule has 1 N–H and O–H groups in total. The summed E-state index contributed by atoms with van der Waals surface area (Å²) in [5.41, 5.74) is 0.370. The summed E-state index contributed by atoms with van der Waals surface area (Å²) in [7, 11) is -3.70. The van der Waals surface area contributed by atoms with Crippen LogP contribution in [-0.4, -0.2) is 62.0 Å². The van der Waals surface area contributed by atoms with Crippen LogP contribution in [0.4, 0.5) is 0 Å². The molecule has 33 heavy (non-hydrogen) atoms. The van der Waals surface area contributed by atoms with Crippen molar-refractivity contribution in [1.29, 1.82) is 0 Å². The monoisotopic (exact) mass is 473 g/mol. The quantitative estimate of drug-likeness (QED) is 0.592. The molecule has 1 atom stereocenters. The summed E-state index contributed by atoms with van der Waals surface area (Å²) in [5, 5.41) is 3.08. The summed E-state index contributed by atoms with van der Waals surface area (Å²) < 4.78 is 33.1. The van der Waals surface area contributed by atoms with E-state index in [1.807, 2.05) is 12.1 Å². The van der Waals surface area contributed by atoms with Crippen molar-refractivity contribution in [1.82, 2.24) is 14.5 Å². The predicted octanol–water partition coefficient (Wildman–Crippen LogP) is 2.84. The first-order valence-electron chi connectivity index (χ1n) is 11.5. The molecule has 2 aliphatic rings. The highest BCUT2D eigenvalue weighted by molar-refractivity contribution is 7.89. The lowest BCUT2D eigenvalue weighted by molar-refractivity contribution is -0.126. The molecule has 0 aliphatic carbocycles. The molecular formula is C24H31N3O5S. The second-order valence-corrected chi connectivity index (χ2v) is 10.7. The Morgan fingerprint density at radius 3 is 2.45 bits per heavy atom. The van der Waals surface area contributed by atoms with E-state index in [1.165, 1.54) is 23.4 Å². The van der Waals surface area contributed by atoms with Crippen LogP contribution in [0.3, 0.4) is 0 Å². The molecule has 1 aromatic heterocycles. The van der Waals surface area contributed by atoms with Gasteiger partial charge in [-0.1, -0.05) is 12.1 Å². The van der Waals surface area contributed by atoms with E-state index in [9.17, 15) is 18.0 Å². The lowest BCUT2D eigenvalue weighted by Gasteiger charge is -2.31. The van der Waals surface area contributed by atoms with Gasteiger partial charge in [0.05, 0.1) is 17.2 Å². The zero-order chi connectivity index (χ0) is 23.4. The van der Waals surface area contributed by atoms with Crippen LogP contribution in [0.5, 0.6) is 0 Å². The molecule has 2 fully saturated rings. The molecular weight excluding hydrogens is 442 g/mol. The number of ketones is 1. The number of nitrogens with zero attached hydrogens (tertiary/aromatic N) is 2. The molecule has 4 rings (SSSR count). The van der Waals surface area contributed by atoms with Crippen LogP contribution in [0.1, 0.15) is 54.8 Å². The Labute approximate surface area is 195 Å². The van der Waals surface area contributed by atoms with Crippen molar-refractivity contribution >= 4 is 21.7 Å². The second-order valence-electron chi connectivity index (χ2n) is 8.78. The van der Waals surface area contributed by atoms with Crippen LogP contribution >= 0.6 is 0 Å². The van der Waals surface area contributed by atoms with Crippen molar-refractivity contribution in [3.63, 3.8) is 0 Å². The summed E-state index contributed by atoms with van der Waals surface area (Å²) in [5.74, 6) is 0.410. The SMILES string of the molecule is CC(=O)c1cccc(S(=O)(=O)N2CCC(C(=O)NCC(c3ccco3)N3CCCC3)CC2)c1. The van der Waals surface area contributed by atoms with Gasteiger partial charge in [0.25, 0.3) is 0 Å². The first-order valence-corrected chi connectivity index (χ1v) is 13.0. The molecule has 0 radical (unpaired) electrons. The number of carbonyl (C=O) groups is 2. The van der Waals surface area contributed by atoms with Crippen LogP contribution < -0.4 is 5.32 Å². The van der Waals surface area contributed by atoms with Crippen LogP contribution in [0.25, 0.3) is 0 Å². The third-order valence-corrected chi connectivity index (χ3v) is 8.52. The number of Topliss-reactive ketones (excluding diaryl/α,β-unsaturated/α-hetero) is 1. The van der Waals surface area contributed by atoms with Gasteiger partial charge >= 0.3 is 0 Å². The summed E-state index contributed by atoms with van der Waals surface area (Å²) in [6.07, 6.45) is 4.88. The van der Waals surface area contributed by atoms with Crippen LogP contribution in [0, 0.1) is 5.92 Å². The van der Waals surface area contributed by atoms with Gasteiger partial charge in [-0.05, 0) is 70.0 Å². The second kappa shape index (κ2) is 10.2. The number of benzene rings is 1. The maximum absolute atomic E-state index is 13.0. The fraction of sp³-hybridized carbons (Fsp3) is 0.500. The van der Waals surface area contributed by atoms with Gasteiger partial charge in [-0.3, -0.25) is 14.5 Å². The fourth-order valence-electron chi connectivity index (χ4n) is 4.67. The van der Waals surface area contributed by atoms with Crippen LogP contribution in [0.15, 0.2) is 52.0 Å². The molecule has 8 nitrogen and oxygen atoms in total. The van der Waals surface area contributed by atoms with Crippen molar-refractivity contribution in [2.24, 2.45) is 5.92 Å². The number of likely N-dealkylation sites (tertiary alicyclic amines) is 1. The summed E-state index contributed by atoms with van der Waals surface area (Å²) in [6.45, 7) is 4.42. The third kappa shape index (κ3) is 5.37. The minimum atomic E-state index is -3.70. The van der Waals surface area contributed by atoms with Crippen molar-refractivity contribution in [2.75, 3.05) is 32.7 Å². The first kappa shape index (κ1) is 23.7. The molecule has 0 bridgehead atoms. The predicted molar refractivity (Wildman–Crippen MR) is 123 cm³/mol. The Bertz CT molecular complexity index is 1070. The maximum atomic E-state index is 13.0. The number of piperidine rings is 1. The standard InChI is InChI=1S/C24H31N3O5S/c1-18(28)20-6-4-7-21(16-20)33(30,31)27-13-9-19(10-14-27)24(29)25-17-22(23-8-5-15-32-23)26-11-2-3-12-26/h4-8,15-16,19,22H,2-3,9-14,17H2,1H3,(H,25,29). The van der Waals surface area contributed by atoms with E-state index in [0.717, 1.165) is 31.7 Å². The molecule has 1 unspecified atom stereocenters. The van der Waals surface area contributed by atoms with E-state index in [-0.39, 0.29) is 41.6 Å². The molecule has 9 heteroatoms. The summed E-state index contributed by atoms with van der Waals surface area (Å²) in [4.78, 5) is 26.9. The summed E-state index contributed by atoms with van der Waals surface area (Å²) >= 11 is 0. The van der Waals surface area contributed by atoms with Crippen molar-refractivity contribution in [3.05, 3.63) is 54.0 Å². The van der Waals surface area contributed by atoms with Crippen LogP contribution in [0.2, 0.25) is 0 Å². The van der Waals surface area contributed by atoms with Gasteiger partial charge < -0.3 is 9.73 Å². The molecule has 2 aromatic rings. The lowest BCUT2D eigenvalue weighted by atomic mass is 9.97. The van der Waals surface area contributed by atoms with Crippen molar-refractivity contribution < 1.29 is 22.4 Å². The van der Waals surface area contributed by atoms with Gasteiger partial charge in [0, 0.05) is 31.1 Å². The number of hydrogen-bond donors (Lipinski definition) is 1. The number of carbonyl (C=O) groups excluding carboxylic acids is 2. The molecule has 2 saturated heterocycles. The largest absolute Gasteiger partial charge is 0.468 e. The van der Waals surface area contributed by atoms with E-state index in [4.69, 9.17) is 4.42 Å². The highest BCUT2D eigenvalue weighted by Gasteiger charge is 2.33. The zero-order valence-corrected chi connectivity index (χ0v) is 19.7. The Kier molecular flexibility index (Phi) is 7.31. The molecule has 1 amide bonds. The smallest absolute Gasteiger partial charge is 0.243 e. The highest BCUT2D eigenvalue weighted by Crippen LogP contribution is 2.27. The summed E-state index contributed by atoms with van der Waals surface area (Å²) in [6, 6.07) is 9.94. The van der Waals surface area contributed by atoms with E-state index in [0.29, 0.717) is 24.9 Å². The number of amides is 1. The maximum Gasteiger partial charge on any atom is 0.243 e. The zero-order valence-electron chi connectivity index (χ0n) is 18.9. The van der Waals surface area contributed by atoms with Crippen molar-refractivity contribution in [2.45, 2.75) is 43.5 Å². The third-order valence-electron chi connectivity index (χ3n) is 6.63. The number of hydrogen-bond acceptors (Lipinski definition) is 6. The number of sulfonamides is 1. The number of rotatable bonds is 8. The minimum absolute atomic E-state index is 0.0143. The number of nitrogens with one attached hydrogen (secondary N) is 1. The van der Waals surface area contributed by atoms with E-state index < -0.39 is 10.0 Å². The van der Waals surface area contributed by atoms with Crippen LogP contribution in [-0.2, 0) is 14.8 Å². The van der Waals surface area contributed by atoms with E-state index in [1.54, 1.807) is 18.4 Å². The Hall–Kier alpha value is -2.49. The average Bonchev–Trinajstić information content (AvgIpc) is 3.54. The van der Waals surface area contributed by atoms with Gasteiger partial charge in [0.2, 0.25) is 15.9 Å². The molecule has 178 valence electrons. The van der Waals surface area contributed by atoms with Gasteiger partial charge in [-0.25, -0.2) is 8.42 Å². The van der Waals surface area contributed by atoms with Gasteiger partial charge in [-0.2, -0.15) is 4.31 Å². The Balaban J connectivity index is 1.34. The normalized spacial score (nSPS) is 19.4.